The predicted molar refractivity (Wildman–Crippen MR) is 102 cm³/mol. The van der Waals surface area contributed by atoms with Gasteiger partial charge in [0.15, 0.2) is 0 Å². The third-order valence-electron chi connectivity index (χ3n) is 3.75. The first-order valence-corrected chi connectivity index (χ1v) is 9.04. The van der Waals surface area contributed by atoms with E-state index in [0.717, 1.165) is 11.4 Å². The monoisotopic (exact) mass is 382 g/mol. The van der Waals surface area contributed by atoms with E-state index in [0.29, 0.717) is 23.1 Å². The summed E-state index contributed by atoms with van der Waals surface area (Å²) in [5.74, 6) is 0.818. The largest absolute Gasteiger partial charge is 0.336 e. The Bertz CT molecular complexity index is 728. The van der Waals surface area contributed by atoms with Gasteiger partial charge in [-0.15, -0.1) is 0 Å². The van der Waals surface area contributed by atoms with Crippen LogP contribution in [-0.4, -0.2) is 32.6 Å². The molecule has 25 heavy (non-hydrogen) atoms. The van der Waals surface area contributed by atoms with Gasteiger partial charge in [0.25, 0.3) is 0 Å². The minimum absolute atomic E-state index is 0.0638. The first-order valence-electron chi connectivity index (χ1n) is 8.29. The Morgan fingerprint density at radius 2 is 1.96 bits per heavy atom. The number of carbonyl (C=O) groups is 1. The number of rotatable bonds is 6. The average molecular weight is 383 g/mol. The van der Waals surface area contributed by atoms with Gasteiger partial charge >= 0.3 is 6.03 Å². The van der Waals surface area contributed by atoms with Crippen molar-refractivity contribution >= 4 is 29.2 Å². The van der Waals surface area contributed by atoms with Crippen molar-refractivity contribution in [1.29, 1.82) is 0 Å². The second-order valence-electron chi connectivity index (χ2n) is 6.55. The zero-order chi connectivity index (χ0) is 18.6. The van der Waals surface area contributed by atoms with E-state index < -0.39 is 0 Å². The van der Waals surface area contributed by atoms with Gasteiger partial charge in [-0.2, -0.15) is 0 Å². The van der Waals surface area contributed by atoms with Crippen molar-refractivity contribution in [3.05, 3.63) is 52.0 Å². The van der Waals surface area contributed by atoms with Gasteiger partial charge in [0.2, 0.25) is 0 Å². The molecule has 2 amide bonds. The molecule has 136 valence electrons. The van der Waals surface area contributed by atoms with Crippen LogP contribution in [-0.2, 0) is 13.1 Å². The molecule has 0 saturated carbocycles. The minimum Gasteiger partial charge on any atom is -0.336 e. The number of aromatic nitrogens is 2. The van der Waals surface area contributed by atoms with Gasteiger partial charge in [-0.25, -0.2) is 9.78 Å². The van der Waals surface area contributed by atoms with Gasteiger partial charge in [0, 0.05) is 31.0 Å². The van der Waals surface area contributed by atoms with E-state index in [-0.39, 0.29) is 18.1 Å². The summed E-state index contributed by atoms with van der Waals surface area (Å²) >= 11 is 12.1. The minimum atomic E-state index is -0.0888. The number of benzene rings is 1. The molecule has 0 bridgehead atoms. The van der Waals surface area contributed by atoms with Crippen molar-refractivity contribution in [2.75, 3.05) is 0 Å². The number of hydrogen-bond donors (Lipinski definition) is 1. The van der Waals surface area contributed by atoms with Gasteiger partial charge in [0.1, 0.15) is 5.82 Å². The van der Waals surface area contributed by atoms with E-state index in [1.165, 1.54) is 0 Å². The van der Waals surface area contributed by atoms with E-state index in [2.05, 4.69) is 10.3 Å². The van der Waals surface area contributed by atoms with Crippen LogP contribution in [0.3, 0.4) is 0 Å². The highest BCUT2D eigenvalue weighted by Gasteiger charge is 2.20. The Hall–Kier alpha value is -1.72. The molecule has 0 saturated heterocycles. The molecule has 1 heterocycles. The molecular weight excluding hydrogens is 359 g/mol. The summed E-state index contributed by atoms with van der Waals surface area (Å²) < 4.78 is 2.01. The number of imidazole rings is 1. The van der Waals surface area contributed by atoms with Gasteiger partial charge in [-0.05, 0) is 45.4 Å². The smallest absolute Gasteiger partial charge is 0.318 e. The lowest BCUT2D eigenvalue weighted by molar-refractivity contribution is 0.174. The number of amides is 2. The van der Waals surface area contributed by atoms with Crippen LogP contribution in [0.2, 0.25) is 10.0 Å². The van der Waals surface area contributed by atoms with Gasteiger partial charge < -0.3 is 14.8 Å². The van der Waals surface area contributed by atoms with Crippen LogP contribution in [0.25, 0.3) is 0 Å². The normalized spacial score (nSPS) is 11.2. The summed E-state index contributed by atoms with van der Waals surface area (Å²) in [4.78, 5) is 18.6. The number of hydrogen-bond acceptors (Lipinski definition) is 2. The van der Waals surface area contributed by atoms with Gasteiger partial charge in [0.05, 0.1) is 16.6 Å². The fraction of sp³-hybridized carbons (Fsp3) is 0.444. The summed E-state index contributed by atoms with van der Waals surface area (Å²) in [6.45, 7) is 8.93. The lowest BCUT2D eigenvalue weighted by atomic mass is 10.2. The molecule has 1 N–H and O–H groups in total. The van der Waals surface area contributed by atoms with E-state index in [1.807, 2.05) is 50.6 Å². The zero-order valence-corrected chi connectivity index (χ0v) is 16.5. The quantitative estimate of drug-likeness (QED) is 0.795. The molecule has 1 aromatic carbocycles. The Balaban J connectivity index is 2.16. The first-order chi connectivity index (χ1) is 11.8. The van der Waals surface area contributed by atoms with Crippen LogP contribution in [0.5, 0.6) is 0 Å². The molecule has 0 fully saturated rings. The van der Waals surface area contributed by atoms with Crippen LogP contribution in [0.15, 0.2) is 30.6 Å². The molecule has 7 heteroatoms. The molecule has 0 unspecified atom stereocenters. The zero-order valence-electron chi connectivity index (χ0n) is 15.0. The molecule has 2 aromatic rings. The van der Waals surface area contributed by atoms with Gasteiger partial charge in [-0.1, -0.05) is 29.3 Å². The van der Waals surface area contributed by atoms with E-state index >= 15 is 0 Å². The molecule has 2 rings (SSSR count). The maximum absolute atomic E-state index is 12.4. The van der Waals surface area contributed by atoms with Crippen molar-refractivity contribution in [3.8, 4) is 0 Å². The summed E-state index contributed by atoms with van der Waals surface area (Å²) in [5.41, 5.74) is 1.02. The number of halogens is 2. The molecular formula is C18H24Cl2N4O. The summed E-state index contributed by atoms with van der Waals surface area (Å²) in [5, 5.41) is 4.00. The molecule has 0 atom stereocenters. The Morgan fingerprint density at radius 1 is 1.24 bits per heavy atom. The standard InChI is InChI=1S/C18H24Cl2N4O/c1-12(2)22-18(25)24(13(3)4)11-17-21-7-8-23(17)10-14-5-6-15(19)16(20)9-14/h5-9,12-13H,10-11H2,1-4H3,(H,22,25). The molecule has 0 aliphatic heterocycles. The average Bonchev–Trinajstić information content (AvgIpc) is 2.94. The number of nitrogens with zero attached hydrogens (tertiary/aromatic N) is 3. The molecule has 0 aliphatic rings. The Labute approximate surface area is 158 Å². The lowest BCUT2D eigenvalue weighted by Crippen LogP contribution is -2.46. The molecule has 0 aliphatic carbocycles. The van der Waals surface area contributed by atoms with E-state index in [9.17, 15) is 4.79 Å². The highest BCUT2D eigenvalue weighted by molar-refractivity contribution is 6.42. The second-order valence-corrected chi connectivity index (χ2v) is 7.36. The van der Waals surface area contributed by atoms with Crippen molar-refractivity contribution in [1.82, 2.24) is 19.8 Å². The maximum atomic E-state index is 12.4. The number of carbonyl (C=O) groups excluding carboxylic acids is 1. The highest BCUT2D eigenvalue weighted by Crippen LogP contribution is 2.23. The lowest BCUT2D eigenvalue weighted by Gasteiger charge is -2.28. The van der Waals surface area contributed by atoms with E-state index in [4.69, 9.17) is 23.2 Å². The van der Waals surface area contributed by atoms with Crippen molar-refractivity contribution in [2.45, 2.75) is 52.9 Å². The fourth-order valence-corrected chi connectivity index (χ4v) is 2.76. The second kappa shape index (κ2) is 8.59. The SMILES string of the molecule is CC(C)NC(=O)N(Cc1nccn1Cc1ccc(Cl)c(Cl)c1)C(C)C. The van der Waals surface area contributed by atoms with Crippen LogP contribution < -0.4 is 5.32 Å². The summed E-state index contributed by atoms with van der Waals surface area (Å²) in [6, 6.07) is 5.63. The van der Waals surface area contributed by atoms with Crippen LogP contribution in [0.1, 0.15) is 39.1 Å². The topological polar surface area (TPSA) is 50.2 Å². The first kappa shape index (κ1) is 19.6. The summed E-state index contributed by atoms with van der Waals surface area (Å²) in [7, 11) is 0. The Kier molecular flexibility index (Phi) is 6.73. The number of urea groups is 1. The predicted octanol–water partition coefficient (Wildman–Crippen LogP) is 4.57. The van der Waals surface area contributed by atoms with Crippen molar-refractivity contribution < 1.29 is 4.79 Å². The van der Waals surface area contributed by atoms with Crippen LogP contribution in [0.4, 0.5) is 4.79 Å². The molecule has 5 nitrogen and oxygen atoms in total. The summed E-state index contributed by atoms with van der Waals surface area (Å²) in [6.07, 6.45) is 3.64. The molecule has 0 spiro atoms. The van der Waals surface area contributed by atoms with Gasteiger partial charge in [-0.3, -0.25) is 0 Å². The van der Waals surface area contributed by atoms with Crippen molar-refractivity contribution in [2.24, 2.45) is 0 Å². The van der Waals surface area contributed by atoms with Crippen LogP contribution >= 0.6 is 23.2 Å². The number of nitrogens with one attached hydrogen (secondary N) is 1. The van der Waals surface area contributed by atoms with E-state index in [1.54, 1.807) is 17.2 Å². The third-order valence-corrected chi connectivity index (χ3v) is 4.49. The third kappa shape index (κ3) is 5.38. The fourth-order valence-electron chi connectivity index (χ4n) is 2.44. The Morgan fingerprint density at radius 3 is 2.56 bits per heavy atom. The van der Waals surface area contributed by atoms with Crippen molar-refractivity contribution in [3.63, 3.8) is 0 Å². The van der Waals surface area contributed by atoms with Crippen LogP contribution in [0, 0.1) is 0 Å². The maximum Gasteiger partial charge on any atom is 0.318 e. The molecule has 0 radical (unpaired) electrons. The highest BCUT2D eigenvalue weighted by atomic mass is 35.5. The molecule has 1 aromatic heterocycles.